The van der Waals surface area contributed by atoms with Crippen LogP contribution in [0.2, 0.25) is 0 Å². The zero-order valence-corrected chi connectivity index (χ0v) is 34.2. The number of rotatable bonds is 14. The molecule has 0 aliphatic carbocycles. The molecule has 0 saturated carbocycles. The van der Waals surface area contributed by atoms with Crippen molar-refractivity contribution in [1.29, 1.82) is 0 Å². The van der Waals surface area contributed by atoms with Gasteiger partial charge in [-0.3, -0.25) is 14.4 Å². The minimum absolute atomic E-state index is 0. The van der Waals surface area contributed by atoms with E-state index in [1.54, 1.807) is 0 Å². The number of ketones is 1. The molecule has 0 radical (unpaired) electrons. The van der Waals surface area contributed by atoms with Gasteiger partial charge in [-0.25, -0.2) is 24.0 Å². The zero-order chi connectivity index (χ0) is 48.0. The van der Waals surface area contributed by atoms with Crippen molar-refractivity contribution < 1.29 is 148 Å². The molecule has 10 N–H and O–H groups in total. The fraction of sp³-hybridized carbons (Fsp3) is 0.444. The van der Waals surface area contributed by atoms with Crippen molar-refractivity contribution >= 4 is 48.5 Å². The molecule has 5 rings (SSSR count). The first-order valence-electron chi connectivity index (χ1n) is 18.3. The Morgan fingerprint density at radius 3 is 1.77 bits per heavy atom. The van der Waals surface area contributed by atoms with Gasteiger partial charge in [0.1, 0.15) is 28.9 Å². The standard InChI is InChI=1S/C36H37NO28.ClH/c1-10-22(61-32(44)45)26(63-34(48)49)28(65-36(52)53)30(55-10)54-9-18-24(62-33(46)47)27(64-35(50)51)29(56-11(2)38)31(59-18)60-25-21(43)20-16(41)6-13(57-19(42)8-37)7-17(20)58-23(25)12-3-4-14(39)15(40)5-12;/h3-7,10,18,22-31,39-41H,8-9,37H2,1-2H3,(H,44,45)(H,46,47)(H,48,49)(H,50,51)(H,52,53);1H/p-1/t10?,18-,22?,23?,24?,25?,26-,27+,28-,29?,30+,31+;/m1./s1. The highest BCUT2D eigenvalue weighted by molar-refractivity contribution is 6.06. The van der Waals surface area contributed by atoms with Crippen LogP contribution in [0.25, 0.3) is 0 Å². The number of halogens is 1. The first kappa shape index (κ1) is 51.3. The monoisotopic (exact) mass is 966 g/mol. The van der Waals surface area contributed by atoms with Gasteiger partial charge in [-0.1, -0.05) is 6.07 Å². The number of benzene rings is 2. The Morgan fingerprint density at radius 1 is 0.667 bits per heavy atom. The van der Waals surface area contributed by atoms with Gasteiger partial charge in [0.05, 0.1) is 19.3 Å². The number of phenolic OH excluding ortho intramolecular Hbond substituents is 3. The van der Waals surface area contributed by atoms with Gasteiger partial charge >= 0.3 is 42.7 Å². The number of carboxylic acid groups (broad SMARTS) is 5. The molecule has 2 aromatic carbocycles. The lowest BCUT2D eigenvalue weighted by molar-refractivity contribution is -0.334. The Hall–Kier alpha value is -7.31. The van der Waals surface area contributed by atoms with Crippen LogP contribution in [-0.4, -0.2) is 170 Å². The Kier molecular flexibility index (Phi) is 16.8. The number of esters is 2. The van der Waals surface area contributed by atoms with Crippen molar-refractivity contribution in [2.45, 2.75) is 87.5 Å². The lowest BCUT2D eigenvalue weighted by Crippen LogP contribution is -3.00. The molecule has 3 heterocycles. The molecule has 30 heteroatoms. The van der Waals surface area contributed by atoms with Crippen molar-refractivity contribution in [3.8, 4) is 28.7 Å². The summed E-state index contributed by atoms with van der Waals surface area (Å²) in [5.74, 6) is -6.47. The summed E-state index contributed by atoms with van der Waals surface area (Å²) in [5, 5.41) is 79.0. The fourth-order valence-electron chi connectivity index (χ4n) is 6.88. The van der Waals surface area contributed by atoms with Crippen molar-refractivity contribution in [2.24, 2.45) is 5.73 Å². The first-order chi connectivity index (χ1) is 30.6. The van der Waals surface area contributed by atoms with Crippen molar-refractivity contribution in [1.82, 2.24) is 0 Å². The van der Waals surface area contributed by atoms with Crippen molar-refractivity contribution in [3.63, 3.8) is 0 Å². The minimum atomic E-state index is -2.31. The first-order valence-corrected chi connectivity index (χ1v) is 18.3. The highest BCUT2D eigenvalue weighted by atomic mass is 35.5. The van der Waals surface area contributed by atoms with Gasteiger partial charge in [-0.05, 0) is 24.6 Å². The second-order valence-corrected chi connectivity index (χ2v) is 13.6. The van der Waals surface area contributed by atoms with E-state index >= 15 is 0 Å². The second kappa shape index (κ2) is 21.6. The molecular formula is C36H37ClNO28-. The Labute approximate surface area is 373 Å². The number of phenols is 3. The van der Waals surface area contributed by atoms with Crippen LogP contribution in [0.5, 0.6) is 28.7 Å². The molecule has 0 spiro atoms. The van der Waals surface area contributed by atoms with Gasteiger partial charge in [0.2, 0.25) is 5.78 Å². The van der Waals surface area contributed by atoms with Gasteiger partial charge in [-0.2, -0.15) is 0 Å². The predicted octanol–water partition coefficient (Wildman–Crippen LogP) is -1.89. The smallest absolute Gasteiger partial charge is 0.506 e. The average molecular weight is 967 g/mol. The summed E-state index contributed by atoms with van der Waals surface area (Å²) in [4.78, 5) is 97.9. The summed E-state index contributed by atoms with van der Waals surface area (Å²) < 4.78 is 63.5. The lowest BCUT2D eigenvalue weighted by atomic mass is 9.92. The van der Waals surface area contributed by atoms with Crippen LogP contribution in [0.1, 0.15) is 35.9 Å². The molecule has 0 bridgehead atoms. The Balaban J connectivity index is 0.00000952. The van der Waals surface area contributed by atoms with Crippen LogP contribution in [0.15, 0.2) is 30.3 Å². The summed E-state index contributed by atoms with van der Waals surface area (Å²) in [6, 6.07) is 4.84. The summed E-state index contributed by atoms with van der Waals surface area (Å²) in [5.41, 5.74) is 4.51. The van der Waals surface area contributed by atoms with E-state index in [2.05, 4.69) is 4.74 Å². The predicted molar refractivity (Wildman–Crippen MR) is 194 cm³/mol. The number of hydrogen-bond donors (Lipinski definition) is 9. The molecule has 6 unspecified atom stereocenters. The maximum Gasteiger partial charge on any atom is 0.506 e. The van der Waals surface area contributed by atoms with Crippen LogP contribution in [-0.2, 0) is 57.0 Å². The number of Topliss-reactive ketones (excluding diaryl/α,β-unsaturated/α-hetero) is 1. The number of carbonyl (C=O) groups excluding carboxylic acids is 3. The van der Waals surface area contributed by atoms with E-state index in [-0.39, 0.29) is 23.7 Å². The highest BCUT2D eigenvalue weighted by Gasteiger charge is 2.57. The molecule has 2 saturated heterocycles. The normalized spacial score (nSPS) is 27.8. The van der Waals surface area contributed by atoms with Crippen molar-refractivity contribution in [2.75, 3.05) is 13.2 Å². The van der Waals surface area contributed by atoms with Crippen LogP contribution in [0, 0.1) is 0 Å². The SMILES string of the molecule is CC(=O)OC1[C@H](OC2C(=O)c3c(O)cc(OC(=O)CN)cc3OC2c2ccc(O)c(O)c2)O[C@H](CO[C@H]2OC(C)C(OC(=O)O)[C@@H](OC(=O)O)[C@H]2OC(=O)O)C(OC(=O)O)[C@@H]1OC(=O)O.[Cl-]. The number of fused-ring (bicyclic) bond motifs is 1. The summed E-state index contributed by atoms with van der Waals surface area (Å²) in [7, 11) is 0. The average Bonchev–Trinajstić information content (AvgIpc) is 3.19. The molecule has 29 nitrogen and oxygen atoms in total. The topological polar surface area (TPSA) is 435 Å². The molecule has 3 aliphatic heterocycles. The minimum Gasteiger partial charge on any atom is -1.00 e. The third-order valence-corrected chi connectivity index (χ3v) is 9.33. The van der Waals surface area contributed by atoms with E-state index in [9.17, 15) is 79.2 Å². The van der Waals surface area contributed by atoms with Crippen molar-refractivity contribution in [3.05, 3.63) is 41.5 Å². The molecule has 362 valence electrons. The van der Waals surface area contributed by atoms with Gasteiger partial charge in [0.15, 0.2) is 72.9 Å². The number of carbonyl (C=O) groups is 8. The van der Waals surface area contributed by atoms with Gasteiger partial charge in [0.25, 0.3) is 0 Å². The zero-order valence-electron chi connectivity index (χ0n) is 33.4. The quantitative estimate of drug-likeness (QED) is 0.0432. The van der Waals surface area contributed by atoms with Gasteiger partial charge in [0, 0.05) is 19.1 Å². The molecule has 0 aromatic heterocycles. The maximum atomic E-state index is 14.4. The second-order valence-electron chi connectivity index (χ2n) is 13.6. The van der Waals surface area contributed by atoms with E-state index in [0.717, 1.165) is 44.2 Å². The molecule has 0 amide bonds. The number of ether oxygens (including phenoxy) is 12. The Bertz CT molecular complexity index is 2190. The summed E-state index contributed by atoms with van der Waals surface area (Å²) >= 11 is 0. The molecule has 2 aromatic rings. The largest absolute Gasteiger partial charge is 1.00 e. The summed E-state index contributed by atoms with van der Waals surface area (Å²) in [6.07, 6.45) is -35.4. The van der Waals surface area contributed by atoms with Crippen LogP contribution in [0.4, 0.5) is 24.0 Å². The molecule has 2 fully saturated rings. The number of aromatic hydroxyl groups is 3. The van der Waals surface area contributed by atoms with E-state index in [1.165, 1.54) is 0 Å². The van der Waals surface area contributed by atoms with Crippen LogP contribution >= 0.6 is 0 Å². The molecular weight excluding hydrogens is 930 g/mol. The van der Waals surface area contributed by atoms with Crippen LogP contribution in [0.3, 0.4) is 0 Å². The van der Waals surface area contributed by atoms with E-state index in [4.69, 9.17) is 57.8 Å². The summed E-state index contributed by atoms with van der Waals surface area (Å²) in [6.45, 7) is 0.173. The fourth-order valence-corrected chi connectivity index (χ4v) is 6.88. The number of nitrogens with two attached hydrogens (primary N) is 1. The third kappa shape index (κ3) is 12.1. The van der Waals surface area contributed by atoms with Gasteiger partial charge in [-0.15, -0.1) is 0 Å². The van der Waals surface area contributed by atoms with E-state index in [0.29, 0.717) is 0 Å². The van der Waals surface area contributed by atoms with E-state index in [1.807, 2.05) is 0 Å². The Morgan fingerprint density at radius 2 is 1.21 bits per heavy atom. The van der Waals surface area contributed by atoms with Crippen LogP contribution < -0.4 is 27.6 Å². The maximum absolute atomic E-state index is 14.4. The molecule has 3 aliphatic rings. The van der Waals surface area contributed by atoms with E-state index < -0.39 is 164 Å². The molecule has 66 heavy (non-hydrogen) atoms. The number of hydrogen-bond acceptors (Lipinski definition) is 24. The third-order valence-electron chi connectivity index (χ3n) is 9.33. The highest BCUT2D eigenvalue weighted by Crippen LogP contribution is 2.45. The molecule has 12 atom stereocenters. The lowest BCUT2D eigenvalue weighted by Gasteiger charge is -2.46. The van der Waals surface area contributed by atoms with Gasteiger partial charge < -0.3 is 116 Å².